The molecule has 0 radical (unpaired) electrons. The van der Waals surface area contributed by atoms with Crippen LogP contribution in [-0.2, 0) is 6.54 Å². The summed E-state index contributed by atoms with van der Waals surface area (Å²) in [5.74, 6) is 0.877. The van der Waals surface area contributed by atoms with Gasteiger partial charge in [0.1, 0.15) is 5.75 Å². The number of rotatable bonds is 4. The van der Waals surface area contributed by atoms with E-state index in [-0.39, 0.29) is 0 Å². The summed E-state index contributed by atoms with van der Waals surface area (Å²) in [5, 5.41) is 4.39. The van der Waals surface area contributed by atoms with Gasteiger partial charge in [0.15, 0.2) is 0 Å². The number of fused-ring (bicyclic) bond motifs is 1. The molecule has 3 aromatic rings. The van der Waals surface area contributed by atoms with Crippen molar-refractivity contribution < 1.29 is 4.74 Å². The minimum atomic E-state index is 0.795. The van der Waals surface area contributed by atoms with Crippen LogP contribution in [0.3, 0.4) is 0 Å². The van der Waals surface area contributed by atoms with Crippen molar-refractivity contribution in [3.63, 3.8) is 0 Å². The fourth-order valence-corrected chi connectivity index (χ4v) is 2.63. The lowest BCUT2D eigenvalue weighted by Gasteiger charge is -2.13. The Morgan fingerprint density at radius 3 is 2.76 bits per heavy atom. The summed E-state index contributed by atoms with van der Waals surface area (Å²) in [6.45, 7) is 0.795. The molecule has 106 valence electrons. The number of aromatic nitrogens is 1. The quantitative estimate of drug-likeness (QED) is 0.791. The van der Waals surface area contributed by atoms with E-state index in [2.05, 4.69) is 40.6 Å². The van der Waals surface area contributed by atoms with Gasteiger partial charge in [0.25, 0.3) is 0 Å². The Morgan fingerprint density at radius 1 is 1.05 bits per heavy atom. The van der Waals surface area contributed by atoms with E-state index in [1.165, 1.54) is 22.1 Å². The summed E-state index contributed by atoms with van der Waals surface area (Å²) in [4.78, 5) is 4.44. The largest absolute Gasteiger partial charge is 0.497 e. The maximum Gasteiger partial charge on any atom is 0.119 e. The van der Waals surface area contributed by atoms with Gasteiger partial charge >= 0.3 is 0 Å². The monoisotopic (exact) mass is 278 g/mol. The van der Waals surface area contributed by atoms with Crippen LogP contribution in [-0.4, -0.2) is 19.1 Å². The molecule has 0 spiro atoms. The van der Waals surface area contributed by atoms with Crippen molar-refractivity contribution in [3.8, 4) is 16.9 Å². The average molecular weight is 278 g/mol. The van der Waals surface area contributed by atoms with Gasteiger partial charge in [-0.1, -0.05) is 24.3 Å². The first-order valence-electron chi connectivity index (χ1n) is 6.99. The molecule has 0 fully saturated rings. The van der Waals surface area contributed by atoms with Gasteiger partial charge in [0, 0.05) is 18.1 Å². The zero-order chi connectivity index (χ0) is 14.7. The van der Waals surface area contributed by atoms with E-state index in [9.17, 15) is 0 Å². The second-order valence-electron chi connectivity index (χ2n) is 4.93. The lowest BCUT2D eigenvalue weighted by Crippen LogP contribution is -2.06. The Balaban J connectivity index is 2.22. The van der Waals surface area contributed by atoms with Crippen molar-refractivity contribution >= 4 is 10.9 Å². The molecule has 1 N–H and O–H groups in total. The fourth-order valence-electron chi connectivity index (χ4n) is 2.63. The third kappa shape index (κ3) is 2.60. The molecule has 0 saturated heterocycles. The molecular weight excluding hydrogens is 260 g/mol. The lowest BCUT2D eigenvalue weighted by molar-refractivity contribution is 0.414. The summed E-state index contributed by atoms with van der Waals surface area (Å²) < 4.78 is 5.34. The average Bonchev–Trinajstić information content (AvgIpc) is 2.55. The summed E-state index contributed by atoms with van der Waals surface area (Å²) in [5.41, 5.74) is 4.65. The minimum Gasteiger partial charge on any atom is -0.497 e. The van der Waals surface area contributed by atoms with E-state index in [1.807, 2.05) is 31.4 Å². The van der Waals surface area contributed by atoms with Crippen LogP contribution in [0.5, 0.6) is 5.75 Å². The number of hydrogen-bond donors (Lipinski definition) is 1. The molecule has 0 aliphatic carbocycles. The molecule has 0 aliphatic rings. The van der Waals surface area contributed by atoms with E-state index in [0.29, 0.717) is 0 Å². The maximum atomic E-state index is 5.34. The first kappa shape index (κ1) is 13.6. The smallest absolute Gasteiger partial charge is 0.119 e. The van der Waals surface area contributed by atoms with Gasteiger partial charge in [0.05, 0.1) is 12.6 Å². The molecule has 0 atom stereocenters. The number of benzene rings is 2. The number of nitrogens with one attached hydrogen (secondary N) is 1. The molecule has 0 aliphatic heterocycles. The molecule has 1 heterocycles. The zero-order valence-corrected chi connectivity index (χ0v) is 12.3. The predicted molar refractivity (Wildman–Crippen MR) is 86.5 cm³/mol. The van der Waals surface area contributed by atoms with Crippen molar-refractivity contribution in [1.29, 1.82) is 0 Å². The van der Waals surface area contributed by atoms with Crippen LogP contribution in [0.2, 0.25) is 0 Å². The van der Waals surface area contributed by atoms with Crippen molar-refractivity contribution in [2.75, 3.05) is 14.2 Å². The summed E-state index contributed by atoms with van der Waals surface area (Å²) >= 11 is 0. The molecule has 0 amide bonds. The van der Waals surface area contributed by atoms with E-state index in [4.69, 9.17) is 4.74 Å². The Bertz CT molecular complexity index is 763. The normalized spacial score (nSPS) is 10.8. The molecule has 3 nitrogen and oxygen atoms in total. The van der Waals surface area contributed by atoms with Crippen LogP contribution in [0.1, 0.15) is 5.56 Å². The highest BCUT2D eigenvalue weighted by Crippen LogP contribution is 2.32. The van der Waals surface area contributed by atoms with E-state index in [1.54, 1.807) is 7.11 Å². The van der Waals surface area contributed by atoms with E-state index in [0.717, 1.165) is 17.8 Å². The Hall–Kier alpha value is -2.39. The Kier molecular flexibility index (Phi) is 3.84. The van der Waals surface area contributed by atoms with Gasteiger partial charge < -0.3 is 10.1 Å². The van der Waals surface area contributed by atoms with Gasteiger partial charge in [-0.15, -0.1) is 0 Å². The maximum absolute atomic E-state index is 5.34. The van der Waals surface area contributed by atoms with Gasteiger partial charge in [-0.3, -0.25) is 4.98 Å². The third-order valence-corrected chi connectivity index (χ3v) is 3.62. The van der Waals surface area contributed by atoms with Crippen molar-refractivity contribution in [2.45, 2.75) is 6.54 Å². The third-order valence-electron chi connectivity index (χ3n) is 3.62. The molecule has 0 bridgehead atoms. The predicted octanol–water partition coefficient (Wildman–Crippen LogP) is 3.63. The summed E-state index contributed by atoms with van der Waals surface area (Å²) in [6, 6.07) is 16.5. The second-order valence-corrected chi connectivity index (χ2v) is 4.93. The SMILES string of the molecule is CNCc1cc(OC)ccc1-c1cccc2ncccc12. The highest BCUT2D eigenvalue weighted by molar-refractivity contribution is 5.95. The molecule has 1 aromatic heterocycles. The number of hydrogen-bond acceptors (Lipinski definition) is 3. The number of methoxy groups -OCH3 is 1. The van der Waals surface area contributed by atoms with Gasteiger partial charge in [-0.25, -0.2) is 0 Å². The zero-order valence-electron chi connectivity index (χ0n) is 12.3. The Morgan fingerprint density at radius 2 is 1.95 bits per heavy atom. The molecule has 0 unspecified atom stereocenters. The lowest BCUT2D eigenvalue weighted by atomic mass is 9.96. The van der Waals surface area contributed by atoms with Gasteiger partial charge in [-0.05, 0) is 48.0 Å². The first-order chi connectivity index (χ1) is 10.3. The second kappa shape index (κ2) is 5.94. The van der Waals surface area contributed by atoms with Crippen molar-refractivity contribution in [3.05, 3.63) is 60.3 Å². The van der Waals surface area contributed by atoms with Crippen LogP contribution in [0.25, 0.3) is 22.0 Å². The molecular formula is C18H18N2O. The number of pyridine rings is 1. The molecule has 2 aromatic carbocycles. The standard InChI is InChI=1S/C18H18N2O/c1-19-12-13-11-14(21-2)8-9-15(13)16-5-3-7-18-17(16)6-4-10-20-18/h3-11,19H,12H2,1-2H3. The van der Waals surface area contributed by atoms with Crippen LogP contribution in [0, 0.1) is 0 Å². The molecule has 21 heavy (non-hydrogen) atoms. The summed E-state index contributed by atoms with van der Waals surface area (Å²) in [7, 11) is 3.65. The van der Waals surface area contributed by atoms with E-state index < -0.39 is 0 Å². The van der Waals surface area contributed by atoms with Crippen molar-refractivity contribution in [1.82, 2.24) is 10.3 Å². The fraction of sp³-hybridized carbons (Fsp3) is 0.167. The molecule has 3 heteroatoms. The molecule has 3 rings (SSSR count). The van der Waals surface area contributed by atoms with Crippen LogP contribution in [0.4, 0.5) is 0 Å². The van der Waals surface area contributed by atoms with Crippen LogP contribution >= 0.6 is 0 Å². The Labute approximate surface area is 124 Å². The highest BCUT2D eigenvalue weighted by atomic mass is 16.5. The summed E-state index contributed by atoms with van der Waals surface area (Å²) in [6.07, 6.45) is 1.83. The highest BCUT2D eigenvalue weighted by Gasteiger charge is 2.09. The number of nitrogens with zero attached hydrogens (tertiary/aromatic N) is 1. The first-order valence-corrected chi connectivity index (χ1v) is 6.99. The van der Waals surface area contributed by atoms with Gasteiger partial charge in [0.2, 0.25) is 0 Å². The van der Waals surface area contributed by atoms with Gasteiger partial charge in [-0.2, -0.15) is 0 Å². The molecule has 0 saturated carbocycles. The van der Waals surface area contributed by atoms with E-state index >= 15 is 0 Å². The van der Waals surface area contributed by atoms with Crippen LogP contribution in [0.15, 0.2) is 54.7 Å². The number of ether oxygens (including phenoxy) is 1. The topological polar surface area (TPSA) is 34.1 Å². The minimum absolute atomic E-state index is 0.795. The van der Waals surface area contributed by atoms with Crippen LogP contribution < -0.4 is 10.1 Å². The van der Waals surface area contributed by atoms with Crippen molar-refractivity contribution in [2.24, 2.45) is 0 Å².